The van der Waals surface area contributed by atoms with E-state index >= 15 is 0 Å². The molecule has 146 valence electrons. The molecule has 0 saturated carbocycles. The summed E-state index contributed by atoms with van der Waals surface area (Å²) in [6, 6.07) is 12.1. The molecule has 0 aliphatic carbocycles. The van der Waals surface area contributed by atoms with E-state index in [4.69, 9.17) is 0 Å². The zero-order valence-electron chi connectivity index (χ0n) is 16.4. The van der Waals surface area contributed by atoms with Crippen molar-refractivity contribution < 1.29 is 4.79 Å². The number of hydrogen-bond donors (Lipinski definition) is 1. The predicted molar refractivity (Wildman–Crippen MR) is 112 cm³/mol. The van der Waals surface area contributed by atoms with E-state index in [1.54, 1.807) is 12.4 Å². The number of thioether (sulfide) groups is 1. The van der Waals surface area contributed by atoms with Crippen LogP contribution in [0.15, 0.2) is 53.9 Å². The average molecular weight is 396 g/mol. The van der Waals surface area contributed by atoms with Crippen molar-refractivity contribution >= 4 is 17.7 Å². The van der Waals surface area contributed by atoms with Crippen molar-refractivity contribution in [3.63, 3.8) is 0 Å². The van der Waals surface area contributed by atoms with E-state index < -0.39 is 0 Å². The normalized spacial score (nSPS) is 12.0. The van der Waals surface area contributed by atoms with Gasteiger partial charge in [-0.25, -0.2) is 0 Å². The predicted octanol–water partition coefficient (Wildman–Crippen LogP) is 3.89. The molecule has 0 bridgehead atoms. The van der Waals surface area contributed by atoms with Crippen LogP contribution in [0, 0.1) is 0 Å². The Hall–Kier alpha value is -2.67. The second kappa shape index (κ2) is 9.50. The number of rotatable bonds is 8. The molecule has 28 heavy (non-hydrogen) atoms. The topological polar surface area (TPSA) is 72.7 Å². The fourth-order valence-electron chi connectivity index (χ4n) is 2.93. The molecule has 2 heterocycles. The van der Waals surface area contributed by atoms with Crippen LogP contribution in [0.2, 0.25) is 0 Å². The third kappa shape index (κ3) is 4.78. The van der Waals surface area contributed by atoms with Crippen LogP contribution >= 0.6 is 11.8 Å². The molecule has 2 aromatic heterocycles. The summed E-state index contributed by atoms with van der Waals surface area (Å²) in [7, 11) is 0. The number of nitrogens with one attached hydrogen (secondary N) is 1. The van der Waals surface area contributed by atoms with E-state index in [0.717, 1.165) is 35.1 Å². The van der Waals surface area contributed by atoms with E-state index in [9.17, 15) is 4.79 Å². The molecule has 1 atom stereocenters. The van der Waals surface area contributed by atoms with E-state index in [2.05, 4.69) is 51.7 Å². The highest BCUT2D eigenvalue weighted by molar-refractivity contribution is 7.99. The van der Waals surface area contributed by atoms with Crippen molar-refractivity contribution in [2.24, 2.45) is 0 Å². The van der Waals surface area contributed by atoms with E-state index in [0.29, 0.717) is 5.75 Å². The zero-order valence-corrected chi connectivity index (χ0v) is 17.2. The van der Waals surface area contributed by atoms with Gasteiger partial charge in [0.25, 0.3) is 0 Å². The summed E-state index contributed by atoms with van der Waals surface area (Å²) in [6.07, 6.45) is 4.48. The molecule has 0 spiro atoms. The third-order valence-corrected chi connectivity index (χ3v) is 5.54. The Morgan fingerprint density at radius 2 is 1.82 bits per heavy atom. The van der Waals surface area contributed by atoms with Gasteiger partial charge in [0.05, 0.1) is 11.8 Å². The lowest BCUT2D eigenvalue weighted by Crippen LogP contribution is -2.28. The largest absolute Gasteiger partial charge is 0.349 e. The van der Waals surface area contributed by atoms with Crippen LogP contribution < -0.4 is 5.32 Å². The highest BCUT2D eigenvalue weighted by atomic mass is 32.2. The SMILES string of the molecule is CCc1ccc(C(C)NC(=O)CSc2nnc(-c3ccncc3)n2CC)cc1. The summed E-state index contributed by atoms with van der Waals surface area (Å²) in [5.41, 5.74) is 3.36. The highest BCUT2D eigenvalue weighted by Gasteiger charge is 2.15. The van der Waals surface area contributed by atoms with Gasteiger partial charge in [-0.3, -0.25) is 9.78 Å². The van der Waals surface area contributed by atoms with Crippen LogP contribution in [0.3, 0.4) is 0 Å². The average Bonchev–Trinajstić information content (AvgIpc) is 3.16. The van der Waals surface area contributed by atoms with Gasteiger partial charge in [-0.1, -0.05) is 43.0 Å². The van der Waals surface area contributed by atoms with E-state index in [-0.39, 0.29) is 11.9 Å². The first-order chi connectivity index (χ1) is 13.6. The molecule has 3 aromatic rings. The summed E-state index contributed by atoms with van der Waals surface area (Å²) in [5, 5.41) is 12.4. The first-order valence-electron chi connectivity index (χ1n) is 9.47. The Morgan fingerprint density at radius 1 is 1.11 bits per heavy atom. The molecule has 6 nitrogen and oxygen atoms in total. The number of aromatic nitrogens is 4. The molecule has 1 N–H and O–H groups in total. The number of benzene rings is 1. The fourth-order valence-corrected chi connectivity index (χ4v) is 3.75. The molecule has 0 aliphatic heterocycles. The maximum absolute atomic E-state index is 12.4. The number of carbonyl (C=O) groups is 1. The number of pyridine rings is 1. The molecule has 7 heteroatoms. The smallest absolute Gasteiger partial charge is 0.230 e. The lowest BCUT2D eigenvalue weighted by Gasteiger charge is -2.14. The summed E-state index contributed by atoms with van der Waals surface area (Å²) in [6.45, 7) is 6.90. The van der Waals surface area contributed by atoms with E-state index in [1.807, 2.05) is 30.5 Å². The van der Waals surface area contributed by atoms with Gasteiger partial charge < -0.3 is 9.88 Å². The van der Waals surface area contributed by atoms with Gasteiger partial charge >= 0.3 is 0 Å². The van der Waals surface area contributed by atoms with Gasteiger partial charge in [0.1, 0.15) is 0 Å². The Balaban J connectivity index is 1.60. The number of carbonyl (C=O) groups excluding carboxylic acids is 1. The summed E-state index contributed by atoms with van der Waals surface area (Å²) >= 11 is 1.40. The van der Waals surface area contributed by atoms with Gasteiger partial charge in [0, 0.05) is 24.5 Å². The molecule has 0 saturated heterocycles. The fraction of sp³-hybridized carbons (Fsp3) is 0.333. The number of nitrogens with zero attached hydrogens (tertiary/aromatic N) is 4. The molecule has 1 aromatic carbocycles. The first-order valence-corrected chi connectivity index (χ1v) is 10.5. The Bertz CT molecular complexity index is 908. The standard InChI is InChI=1S/C21H25N5OS/c1-4-16-6-8-17(9-7-16)15(3)23-19(27)14-28-21-25-24-20(26(21)5-2)18-10-12-22-13-11-18/h6-13,15H,4-5,14H2,1-3H3,(H,23,27). The minimum atomic E-state index is -0.0320. The van der Waals surface area contributed by atoms with Crippen LogP contribution in [0.25, 0.3) is 11.4 Å². The lowest BCUT2D eigenvalue weighted by molar-refractivity contribution is -0.119. The molecular formula is C21H25N5OS. The summed E-state index contributed by atoms with van der Waals surface area (Å²) in [4.78, 5) is 16.4. The van der Waals surface area contributed by atoms with Gasteiger partial charge in [-0.05, 0) is 43.5 Å². The van der Waals surface area contributed by atoms with E-state index in [1.165, 1.54) is 17.3 Å². The van der Waals surface area contributed by atoms with Crippen molar-refractivity contribution in [3.8, 4) is 11.4 Å². The number of amides is 1. The van der Waals surface area contributed by atoms with Crippen molar-refractivity contribution in [2.45, 2.75) is 44.9 Å². The minimum Gasteiger partial charge on any atom is -0.349 e. The van der Waals surface area contributed by atoms with Crippen LogP contribution in [-0.4, -0.2) is 31.4 Å². The second-order valence-electron chi connectivity index (χ2n) is 6.46. The Morgan fingerprint density at radius 3 is 2.46 bits per heavy atom. The number of aryl methyl sites for hydroxylation is 1. The Kier molecular flexibility index (Phi) is 6.81. The summed E-state index contributed by atoms with van der Waals surface area (Å²) in [5.74, 6) is 1.07. The van der Waals surface area contributed by atoms with Gasteiger partial charge in [0.15, 0.2) is 11.0 Å². The van der Waals surface area contributed by atoms with Crippen molar-refractivity contribution in [2.75, 3.05) is 5.75 Å². The van der Waals surface area contributed by atoms with Crippen molar-refractivity contribution in [3.05, 3.63) is 59.9 Å². The van der Waals surface area contributed by atoms with Crippen LogP contribution in [0.4, 0.5) is 0 Å². The van der Waals surface area contributed by atoms with Crippen LogP contribution in [0.1, 0.15) is 37.9 Å². The molecule has 0 fully saturated rings. The van der Waals surface area contributed by atoms with Gasteiger partial charge in [0.2, 0.25) is 5.91 Å². The highest BCUT2D eigenvalue weighted by Crippen LogP contribution is 2.23. The first kappa shape index (κ1) is 20.1. The molecule has 1 unspecified atom stereocenters. The van der Waals surface area contributed by atoms with Gasteiger partial charge in [-0.15, -0.1) is 10.2 Å². The summed E-state index contributed by atoms with van der Waals surface area (Å²) < 4.78 is 2.01. The van der Waals surface area contributed by atoms with Crippen molar-refractivity contribution in [1.29, 1.82) is 0 Å². The molecular weight excluding hydrogens is 370 g/mol. The van der Waals surface area contributed by atoms with Crippen molar-refractivity contribution in [1.82, 2.24) is 25.1 Å². The quantitative estimate of drug-likeness (QED) is 0.586. The molecule has 1 amide bonds. The van der Waals surface area contributed by atoms with Gasteiger partial charge in [-0.2, -0.15) is 0 Å². The zero-order chi connectivity index (χ0) is 19.9. The third-order valence-electron chi connectivity index (χ3n) is 4.57. The lowest BCUT2D eigenvalue weighted by atomic mass is 10.1. The molecule has 0 radical (unpaired) electrons. The monoisotopic (exact) mass is 395 g/mol. The second-order valence-corrected chi connectivity index (χ2v) is 7.40. The van der Waals surface area contributed by atoms with Crippen LogP contribution in [0.5, 0.6) is 0 Å². The van der Waals surface area contributed by atoms with Crippen LogP contribution in [-0.2, 0) is 17.8 Å². The maximum atomic E-state index is 12.4. The molecule has 0 aliphatic rings. The minimum absolute atomic E-state index is 0.0202. The maximum Gasteiger partial charge on any atom is 0.230 e. The molecule has 3 rings (SSSR count). The number of hydrogen-bond acceptors (Lipinski definition) is 5. The Labute approximate surface area is 169 Å².